The number of hydrogen-bond acceptors (Lipinski definition) is 8. The summed E-state index contributed by atoms with van der Waals surface area (Å²) in [5, 5.41) is 0. The zero-order chi connectivity index (χ0) is 33.1. The lowest BCUT2D eigenvalue weighted by Crippen LogP contribution is -2.51. The maximum Gasteiger partial charge on any atom is 0.0246 e. The van der Waals surface area contributed by atoms with Crippen LogP contribution in [0.25, 0.3) is 0 Å². The summed E-state index contributed by atoms with van der Waals surface area (Å²) in [6.45, 7) is 47.2. The normalized spacial score (nSPS) is 25.1. The summed E-state index contributed by atoms with van der Waals surface area (Å²) >= 11 is 0. The van der Waals surface area contributed by atoms with Gasteiger partial charge in [0.25, 0.3) is 0 Å². The maximum atomic E-state index is 2.71. The second kappa shape index (κ2) is 23.9. The van der Waals surface area contributed by atoms with Crippen LogP contribution in [0, 0.1) is 11.8 Å². The molecule has 0 saturated carbocycles. The summed E-state index contributed by atoms with van der Waals surface area (Å²) < 4.78 is 0. The molecule has 0 aromatic heterocycles. The summed E-state index contributed by atoms with van der Waals surface area (Å²) in [6.07, 6.45) is 0. The van der Waals surface area contributed by atoms with Gasteiger partial charge in [0.2, 0.25) is 0 Å². The highest BCUT2D eigenvalue weighted by Gasteiger charge is 2.24. The molecule has 0 spiro atoms. The first-order chi connectivity index (χ1) is 21.0. The first kappa shape index (κ1) is 41.7. The molecule has 0 N–H and O–H groups in total. The van der Waals surface area contributed by atoms with Crippen LogP contribution in [-0.2, 0) is 0 Å². The summed E-state index contributed by atoms with van der Waals surface area (Å²) in [5.41, 5.74) is 0. The Kier molecular flexibility index (Phi) is 22.7. The molecule has 0 amide bonds. The van der Waals surface area contributed by atoms with E-state index in [2.05, 4.69) is 123 Å². The van der Waals surface area contributed by atoms with Crippen LogP contribution < -0.4 is 0 Å². The Balaban J connectivity index is 0.000000440. The zero-order valence-corrected chi connectivity index (χ0v) is 32.0. The van der Waals surface area contributed by atoms with Gasteiger partial charge >= 0.3 is 0 Å². The molecule has 8 nitrogen and oxygen atoms in total. The van der Waals surface area contributed by atoms with E-state index in [0.717, 1.165) is 19.0 Å². The third-order valence-electron chi connectivity index (χ3n) is 10.7. The van der Waals surface area contributed by atoms with Crippen molar-refractivity contribution >= 4 is 0 Å². The zero-order valence-electron chi connectivity index (χ0n) is 32.0. The molecular weight excluding hydrogens is 544 g/mol. The van der Waals surface area contributed by atoms with Gasteiger partial charge in [0, 0.05) is 110 Å². The molecule has 0 aromatic carbocycles. The van der Waals surface area contributed by atoms with E-state index < -0.39 is 0 Å². The number of nitrogens with zero attached hydrogens (tertiary/aromatic N) is 8. The Labute approximate surface area is 277 Å². The standard InChI is InChI=1S/2C18H40N4/c1-7-20-11-9-19(6)10-12-21(8-2)14-16-22(15-13-20)18(5)17(3)4;1-7-20-12-10-19(6)11-13-21(8-2)16-18(17(4)5)22(9-3)15-14-20/h2*17-18H,7-16H2,1-6H3. The highest BCUT2D eigenvalue weighted by Crippen LogP contribution is 2.14. The van der Waals surface area contributed by atoms with E-state index >= 15 is 0 Å². The van der Waals surface area contributed by atoms with Gasteiger partial charge in [-0.1, -0.05) is 62.3 Å². The van der Waals surface area contributed by atoms with E-state index in [1.165, 1.54) is 118 Å². The lowest BCUT2D eigenvalue weighted by molar-refractivity contribution is 0.0866. The van der Waals surface area contributed by atoms with Crippen LogP contribution in [0.3, 0.4) is 0 Å². The number of rotatable bonds is 8. The molecule has 264 valence electrons. The van der Waals surface area contributed by atoms with E-state index in [1.807, 2.05) is 0 Å². The van der Waals surface area contributed by atoms with Crippen LogP contribution in [0.5, 0.6) is 0 Å². The average Bonchev–Trinajstić information content (AvgIpc) is 3.00. The van der Waals surface area contributed by atoms with Crippen molar-refractivity contribution in [1.82, 2.24) is 39.2 Å². The monoisotopic (exact) mass is 625 g/mol. The summed E-state index contributed by atoms with van der Waals surface area (Å²) in [7, 11) is 4.53. The number of likely N-dealkylation sites (N-methyl/N-ethyl adjacent to an activating group) is 7. The van der Waals surface area contributed by atoms with Gasteiger partial charge in [0.05, 0.1) is 0 Å². The van der Waals surface area contributed by atoms with E-state index in [1.54, 1.807) is 0 Å². The molecule has 0 aromatic rings. The maximum absolute atomic E-state index is 2.71. The Morgan fingerprint density at radius 3 is 1.16 bits per heavy atom. The molecule has 0 radical (unpaired) electrons. The summed E-state index contributed by atoms with van der Waals surface area (Å²) in [4.78, 5) is 20.9. The predicted octanol–water partition coefficient (Wildman–Crippen LogP) is 3.84. The van der Waals surface area contributed by atoms with E-state index in [0.29, 0.717) is 18.0 Å². The van der Waals surface area contributed by atoms with Gasteiger partial charge in [-0.15, -0.1) is 0 Å². The quantitative estimate of drug-likeness (QED) is 0.402. The Morgan fingerprint density at radius 1 is 0.455 bits per heavy atom. The van der Waals surface area contributed by atoms with Gasteiger partial charge < -0.3 is 29.4 Å². The molecular formula is C36H80N8. The fourth-order valence-electron chi connectivity index (χ4n) is 6.46. The van der Waals surface area contributed by atoms with Crippen LogP contribution in [0.15, 0.2) is 0 Å². The molecule has 0 aliphatic carbocycles. The summed E-state index contributed by atoms with van der Waals surface area (Å²) in [5.74, 6) is 1.44. The van der Waals surface area contributed by atoms with E-state index in [9.17, 15) is 0 Å². The van der Waals surface area contributed by atoms with Crippen molar-refractivity contribution in [3.05, 3.63) is 0 Å². The van der Waals surface area contributed by atoms with Crippen molar-refractivity contribution in [3.8, 4) is 0 Å². The van der Waals surface area contributed by atoms with Crippen LogP contribution in [0.1, 0.15) is 69.2 Å². The molecule has 2 rings (SSSR count). The largest absolute Gasteiger partial charge is 0.304 e. The van der Waals surface area contributed by atoms with Crippen LogP contribution in [0.2, 0.25) is 0 Å². The summed E-state index contributed by atoms with van der Waals surface area (Å²) in [6, 6.07) is 1.34. The first-order valence-electron chi connectivity index (χ1n) is 18.7. The van der Waals surface area contributed by atoms with Crippen LogP contribution in [-0.4, -0.2) is 196 Å². The molecule has 44 heavy (non-hydrogen) atoms. The second-order valence-corrected chi connectivity index (χ2v) is 14.3. The van der Waals surface area contributed by atoms with Crippen molar-refractivity contribution < 1.29 is 0 Å². The molecule has 2 fully saturated rings. The Bertz CT molecular complexity index is 637. The molecule has 8 heteroatoms. The fraction of sp³-hybridized carbons (Fsp3) is 1.00. The van der Waals surface area contributed by atoms with Crippen molar-refractivity contribution in [2.75, 3.05) is 145 Å². The average molecular weight is 625 g/mol. The molecule has 2 unspecified atom stereocenters. The molecule has 0 bridgehead atoms. The highest BCUT2D eigenvalue weighted by atomic mass is 15.3. The molecule has 2 saturated heterocycles. The second-order valence-electron chi connectivity index (χ2n) is 14.3. The minimum absolute atomic E-state index is 0.669. The SMILES string of the molecule is CCN1CCN(C)CCN(CC)CC(C(C)C)N(CC)CC1.CCN1CCN(C)CCN(CC)CCN(C(C)C(C)C)CC1. The lowest BCUT2D eigenvalue weighted by Gasteiger charge is -2.39. The lowest BCUT2D eigenvalue weighted by atomic mass is 10.0. The number of hydrogen-bond donors (Lipinski definition) is 0. The van der Waals surface area contributed by atoms with Gasteiger partial charge in [-0.05, 0) is 65.6 Å². The first-order valence-corrected chi connectivity index (χ1v) is 18.7. The smallest absolute Gasteiger partial charge is 0.0246 e. The minimum Gasteiger partial charge on any atom is -0.304 e. The predicted molar refractivity (Wildman–Crippen MR) is 195 cm³/mol. The van der Waals surface area contributed by atoms with Crippen molar-refractivity contribution in [1.29, 1.82) is 0 Å². The van der Waals surface area contributed by atoms with Crippen molar-refractivity contribution in [2.45, 2.75) is 81.3 Å². The van der Waals surface area contributed by atoms with Gasteiger partial charge in [0.1, 0.15) is 0 Å². The van der Waals surface area contributed by atoms with Gasteiger partial charge in [-0.3, -0.25) is 9.80 Å². The van der Waals surface area contributed by atoms with E-state index in [4.69, 9.17) is 0 Å². The Morgan fingerprint density at radius 2 is 0.818 bits per heavy atom. The van der Waals surface area contributed by atoms with Crippen LogP contribution in [0.4, 0.5) is 0 Å². The molecule has 2 aliphatic heterocycles. The Hall–Kier alpha value is -0.320. The topological polar surface area (TPSA) is 25.9 Å². The fourth-order valence-corrected chi connectivity index (χ4v) is 6.46. The van der Waals surface area contributed by atoms with Crippen LogP contribution >= 0.6 is 0 Å². The molecule has 2 aliphatic rings. The molecule has 2 heterocycles. The van der Waals surface area contributed by atoms with Gasteiger partial charge in [-0.2, -0.15) is 0 Å². The third kappa shape index (κ3) is 16.5. The highest BCUT2D eigenvalue weighted by molar-refractivity contribution is 4.80. The van der Waals surface area contributed by atoms with Crippen molar-refractivity contribution in [2.24, 2.45) is 11.8 Å². The van der Waals surface area contributed by atoms with E-state index in [-0.39, 0.29) is 0 Å². The van der Waals surface area contributed by atoms with Gasteiger partial charge in [-0.25, -0.2) is 0 Å². The van der Waals surface area contributed by atoms with Gasteiger partial charge in [0.15, 0.2) is 0 Å². The molecule has 2 atom stereocenters. The minimum atomic E-state index is 0.669. The van der Waals surface area contributed by atoms with Crippen molar-refractivity contribution in [3.63, 3.8) is 0 Å². The third-order valence-corrected chi connectivity index (χ3v) is 10.7.